The molecule has 1 aromatic carbocycles. The summed E-state index contributed by atoms with van der Waals surface area (Å²) in [5.41, 5.74) is 1.88. The van der Waals surface area contributed by atoms with E-state index in [1.807, 2.05) is 31.2 Å². The first-order chi connectivity index (χ1) is 8.15. The molecule has 0 radical (unpaired) electrons. The Balaban J connectivity index is 2.47. The average molecular weight is 229 g/mol. The lowest BCUT2D eigenvalue weighted by atomic mass is 9.94. The zero-order valence-corrected chi connectivity index (χ0v) is 10.6. The lowest BCUT2D eigenvalue weighted by Gasteiger charge is -2.10. The molecule has 0 aliphatic carbocycles. The van der Waals surface area contributed by atoms with Crippen LogP contribution in [0.3, 0.4) is 0 Å². The standard InChI is InChI=1S/C15H19NO/c1-3-4-15(17)10-12(2)9-13-5-7-14(11-16)8-6-13/h5-8,12H,3-4,9-10H2,1-2H3. The number of nitriles is 1. The number of rotatable bonds is 6. The summed E-state index contributed by atoms with van der Waals surface area (Å²) >= 11 is 0. The van der Waals surface area contributed by atoms with E-state index < -0.39 is 0 Å². The van der Waals surface area contributed by atoms with Gasteiger partial charge in [-0.2, -0.15) is 5.26 Å². The third-order valence-electron chi connectivity index (χ3n) is 2.77. The van der Waals surface area contributed by atoms with Crippen LogP contribution in [0.15, 0.2) is 24.3 Å². The summed E-state index contributed by atoms with van der Waals surface area (Å²) in [7, 11) is 0. The molecule has 0 aliphatic heterocycles. The number of hydrogen-bond acceptors (Lipinski definition) is 2. The second kappa shape index (κ2) is 6.85. The Morgan fingerprint density at radius 1 is 1.35 bits per heavy atom. The first kappa shape index (κ1) is 13.4. The third-order valence-corrected chi connectivity index (χ3v) is 2.77. The summed E-state index contributed by atoms with van der Waals surface area (Å²) in [5, 5.41) is 8.69. The first-order valence-corrected chi connectivity index (χ1v) is 6.16. The van der Waals surface area contributed by atoms with Crippen LogP contribution in [0.2, 0.25) is 0 Å². The summed E-state index contributed by atoms with van der Waals surface area (Å²) in [6.07, 6.45) is 3.19. The fourth-order valence-corrected chi connectivity index (χ4v) is 1.96. The Kier molecular flexibility index (Phi) is 5.42. The molecule has 0 fully saturated rings. The van der Waals surface area contributed by atoms with Gasteiger partial charge in [0.05, 0.1) is 11.6 Å². The van der Waals surface area contributed by atoms with Gasteiger partial charge in [0, 0.05) is 12.8 Å². The largest absolute Gasteiger partial charge is 0.300 e. The van der Waals surface area contributed by atoms with Crippen molar-refractivity contribution >= 4 is 5.78 Å². The Labute approximate surface area is 103 Å². The van der Waals surface area contributed by atoms with Crippen molar-refractivity contribution in [3.63, 3.8) is 0 Å². The third kappa shape index (κ3) is 4.82. The SMILES string of the molecule is CCCC(=O)CC(C)Cc1ccc(C#N)cc1. The van der Waals surface area contributed by atoms with Crippen molar-refractivity contribution in [2.75, 3.05) is 0 Å². The number of hydrogen-bond donors (Lipinski definition) is 0. The fourth-order valence-electron chi connectivity index (χ4n) is 1.96. The molecular formula is C15H19NO. The van der Waals surface area contributed by atoms with E-state index in [2.05, 4.69) is 13.0 Å². The Bertz CT molecular complexity index is 400. The minimum atomic E-state index is 0.355. The van der Waals surface area contributed by atoms with E-state index in [1.165, 1.54) is 5.56 Å². The molecule has 0 aliphatic rings. The number of benzene rings is 1. The topological polar surface area (TPSA) is 40.9 Å². The van der Waals surface area contributed by atoms with Gasteiger partial charge in [0.1, 0.15) is 5.78 Å². The van der Waals surface area contributed by atoms with Crippen molar-refractivity contribution in [1.29, 1.82) is 5.26 Å². The van der Waals surface area contributed by atoms with Gasteiger partial charge in [-0.05, 0) is 36.5 Å². The predicted octanol–water partition coefficient (Wildman–Crippen LogP) is 3.50. The fraction of sp³-hybridized carbons (Fsp3) is 0.467. The molecule has 2 nitrogen and oxygen atoms in total. The average Bonchev–Trinajstić information content (AvgIpc) is 2.30. The molecule has 1 rings (SSSR count). The van der Waals surface area contributed by atoms with Crippen LogP contribution in [0.25, 0.3) is 0 Å². The van der Waals surface area contributed by atoms with Crippen molar-refractivity contribution in [3.8, 4) is 6.07 Å². The van der Waals surface area contributed by atoms with Gasteiger partial charge >= 0.3 is 0 Å². The molecule has 0 spiro atoms. The molecule has 0 heterocycles. The summed E-state index contributed by atoms with van der Waals surface area (Å²) in [6, 6.07) is 9.70. The molecule has 1 unspecified atom stereocenters. The van der Waals surface area contributed by atoms with Gasteiger partial charge < -0.3 is 0 Å². The van der Waals surface area contributed by atoms with Gasteiger partial charge in [-0.1, -0.05) is 26.0 Å². The van der Waals surface area contributed by atoms with Gasteiger partial charge in [0.25, 0.3) is 0 Å². The van der Waals surface area contributed by atoms with Crippen molar-refractivity contribution in [2.24, 2.45) is 5.92 Å². The van der Waals surface area contributed by atoms with Crippen LogP contribution < -0.4 is 0 Å². The van der Waals surface area contributed by atoms with Gasteiger partial charge in [0.15, 0.2) is 0 Å². The molecule has 0 saturated carbocycles. The van der Waals surface area contributed by atoms with E-state index in [-0.39, 0.29) is 0 Å². The minimum absolute atomic E-state index is 0.355. The Hall–Kier alpha value is -1.62. The van der Waals surface area contributed by atoms with E-state index in [4.69, 9.17) is 5.26 Å². The van der Waals surface area contributed by atoms with E-state index in [0.29, 0.717) is 30.1 Å². The van der Waals surface area contributed by atoms with Crippen LogP contribution in [0, 0.1) is 17.2 Å². The van der Waals surface area contributed by atoms with Gasteiger partial charge in [-0.3, -0.25) is 4.79 Å². The maximum Gasteiger partial charge on any atom is 0.133 e. The maximum atomic E-state index is 11.5. The molecule has 90 valence electrons. The van der Waals surface area contributed by atoms with Crippen LogP contribution in [0.1, 0.15) is 44.2 Å². The Morgan fingerprint density at radius 3 is 2.53 bits per heavy atom. The zero-order chi connectivity index (χ0) is 12.7. The van der Waals surface area contributed by atoms with Crippen molar-refractivity contribution in [3.05, 3.63) is 35.4 Å². The van der Waals surface area contributed by atoms with Crippen molar-refractivity contribution < 1.29 is 4.79 Å². The van der Waals surface area contributed by atoms with Crippen molar-refractivity contribution in [2.45, 2.75) is 39.5 Å². The number of ketones is 1. The summed E-state index contributed by atoms with van der Waals surface area (Å²) in [4.78, 5) is 11.5. The molecular weight excluding hydrogens is 210 g/mol. The number of carbonyl (C=O) groups excluding carboxylic acids is 1. The van der Waals surface area contributed by atoms with Crippen LogP contribution in [-0.4, -0.2) is 5.78 Å². The quantitative estimate of drug-likeness (QED) is 0.749. The minimum Gasteiger partial charge on any atom is -0.300 e. The summed E-state index contributed by atoms with van der Waals surface area (Å²) < 4.78 is 0. The van der Waals surface area contributed by atoms with Gasteiger partial charge in [-0.25, -0.2) is 0 Å². The second-order valence-corrected chi connectivity index (χ2v) is 4.61. The van der Waals surface area contributed by atoms with Crippen LogP contribution in [-0.2, 0) is 11.2 Å². The highest BCUT2D eigenvalue weighted by Crippen LogP contribution is 2.14. The number of carbonyl (C=O) groups is 1. The molecule has 1 atom stereocenters. The monoisotopic (exact) mass is 229 g/mol. The molecule has 2 heteroatoms. The number of Topliss-reactive ketones (excluding diaryl/α,β-unsaturated/α-hetero) is 1. The molecule has 0 aromatic heterocycles. The normalized spacial score (nSPS) is 11.8. The summed E-state index contributed by atoms with van der Waals surface area (Å²) in [6.45, 7) is 4.13. The Morgan fingerprint density at radius 2 is 2.00 bits per heavy atom. The molecule has 0 N–H and O–H groups in total. The summed E-state index contributed by atoms with van der Waals surface area (Å²) in [5.74, 6) is 0.732. The van der Waals surface area contributed by atoms with E-state index in [1.54, 1.807) is 0 Å². The first-order valence-electron chi connectivity index (χ1n) is 6.16. The molecule has 0 bridgehead atoms. The number of nitrogens with zero attached hydrogens (tertiary/aromatic N) is 1. The molecule has 0 amide bonds. The van der Waals surface area contributed by atoms with E-state index >= 15 is 0 Å². The van der Waals surface area contributed by atoms with Crippen LogP contribution >= 0.6 is 0 Å². The highest BCUT2D eigenvalue weighted by Gasteiger charge is 2.09. The lowest BCUT2D eigenvalue weighted by Crippen LogP contribution is -2.07. The molecule has 17 heavy (non-hydrogen) atoms. The van der Waals surface area contributed by atoms with E-state index in [0.717, 1.165) is 12.8 Å². The maximum absolute atomic E-state index is 11.5. The van der Waals surface area contributed by atoms with Crippen molar-refractivity contribution in [1.82, 2.24) is 0 Å². The zero-order valence-electron chi connectivity index (χ0n) is 10.6. The molecule has 0 saturated heterocycles. The van der Waals surface area contributed by atoms with Crippen LogP contribution in [0.4, 0.5) is 0 Å². The van der Waals surface area contributed by atoms with Gasteiger partial charge in [0.2, 0.25) is 0 Å². The van der Waals surface area contributed by atoms with E-state index in [9.17, 15) is 4.79 Å². The van der Waals surface area contributed by atoms with Gasteiger partial charge in [-0.15, -0.1) is 0 Å². The lowest BCUT2D eigenvalue weighted by molar-refractivity contribution is -0.119. The highest BCUT2D eigenvalue weighted by atomic mass is 16.1. The second-order valence-electron chi connectivity index (χ2n) is 4.61. The highest BCUT2D eigenvalue weighted by molar-refractivity contribution is 5.78. The predicted molar refractivity (Wildman–Crippen MR) is 68.6 cm³/mol. The molecule has 1 aromatic rings. The van der Waals surface area contributed by atoms with Crippen LogP contribution in [0.5, 0.6) is 0 Å². The smallest absolute Gasteiger partial charge is 0.133 e.